The number of allylic oxidation sites excluding steroid dienone is 1. The van der Waals surface area contributed by atoms with Gasteiger partial charge in [-0.2, -0.15) is 0 Å². The first-order valence-electron chi connectivity index (χ1n) is 14.3. The topological polar surface area (TPSA) is 106 Å². The minimum atomic E-state index is -4.10. The van der Waals surface area contributed by atoms with E-state index < -0.39 is 27.9 Å². The molecular weight excluding hydrogens is 631 g/mol. The van der Waals surface area contributed by atoms with E-state index in [1.54, 1.807) is 62.4 Å². The van der Waals surface area contributed by atoms with Gasteiger partial charge >= 0.3 is 5.97 Å². The Kier molecular flexibility index (Phi) is 9.50. The smallest absolute Gasteiger partial charge is 0.335 e. The van der Waals surface area contributed by atoms with E-state index in [2.05, 4.69) is 4.99 Å². The number of hydrogen-bond acceptors (Lipinski definition) is 6. The summed E-state index contributed by atoms with van der Waals surface area (Å²) in [6.45, 7) is 5.46. The number of aromatic carboxylic acids is 1. The third-order valence-corrected chi connectivity index (χ3v) is 9.79. The molecule has 0 fully saturated rings. The lowest BCUT2D eigenvalue weighted by atomic mass is 10.0. The van der Waals surface area contributed by atoms with E-state index in [1.165, 1.54) is 47.8 Å². The van der Waals surface area contributed by atoms with Crippen LogP contribution in [0.5, 0.6) is 11.5 Å². The SMILES string of the molecule is COc1cc(S(=O)(=O)N2CC(CN=C(C)c3ccc(C(=O)O)cc3)Oc3ccc(C=C(C)c4c(F)cccc4Cl)cc32)ccc1C. The molecular formula is C35H32ClFN2O6S. The van der Waals surface area contributed by atoms with Crippen molar-refractivity contribution in [2.45, 2.75) is 31.8 Å². The molecule has 0 aliphatic carbocycles. The lowest BCUT2D eigenvalue weighted by Crippen LogP contribution is -2.45. The van der Waals surface area contributed by atoms with Gasteiger partial charge in [0.25, 0.3) is 10.0 Å². The molecule has 0 saturated heterocycles. The van der Waals surface area contributed by atoms with Crippen molar-refractivity contribution in [3.8, 4) is 11.5 Å². The van der Waals surface area contributed by atoms with Crippen LogP contribution in [-0.2, 0) is 10.0 Å². The fraction of sp³-hybridized carbons (Fsp3) is 0.200. The number of nitrogens with zero attached hydrogens (tertiary/aromatic N) is 2. The standard InChI is InChI=1S/C35H32ClFN2O6S/c1-21-8-14-28(18-33(21)44-4)46(42,43)39-20-27(19-38-23(3)25-10-12-26(13-11-25)35(40)41)45-32-15-9-24(17-31(32)39)16-22(2)34-29(36)6-5-7-30(34)37/h5-18,27H,19-20H2,1-4H3,(H,40,41). The van der Waals surface area contributed by atoms with Crippen LogP contribution in [0.1, 0.15) is 46.5 Å². The van der Waals surface area contributed by atoms with Gasteiger partial charge in [0.05, 0.1) is 41.4 Å². The van der Waals surface area contributed by atoms with Gasteiger partial charge in [-0.1, -0.05) is 48.0 Å². The van der Waals surface area contributed by atoms with Crippen molar-refractivity contribution < 1.29 is 32.2 Å². The molecule has 0 bridgehead atoms. The molecule has 0 aromatic heterocycles. The van der Waals surface area contributed by atoms with Gasteiger partial charge in [-0.05, 0) is 85.5 Å². The number of anilines is 1. The first kappa shape index (κ1) is 32.7. The second kappa shape index (κ2) is 13.4. The molecule has 4 aromatic rings. The van der Waals surface area contributed by atoms with Crippen molar-refractivity contribution in [1.29, 1.82) is 0 Å². The molecule has 0 saturated carbocycles. The third kappa shape index (κ3) is 6.78. The third-order valence-electron chi connectivity index (χ3n) is 7.70. The highest BCUT2D eigenvalue weighted by Crippen LogP contribution is 2.39. The fourth-order valence-electron chi connectivity index (χ4n) is 5.21. The van der Waals surface area contributed by atoms with Gasteiger partial charge in [0.15, 0.2) is 0 Å². The molecule has 4 aromatic carbocycles. The maximum Gasteiger partial charge on any atom is 0.335 e. The van der Waals surface area contributed by atoms with E-state index in [1.807, 2.05) is 6.92 Å². The number of methoxy groups -OCH3 is 1. The lowest BCUT2D eigenvalue weighted by molar-refractivity contribution is 0.0697. The highest BCUT2D eigenvalue weighted by molar-refractivity contribution is 7.92. The van der Waals surface area contributed by atoms with Crippen LogP contribution >= 0.6 is 11.6 Å². The Bertz CT molecular complexity index is 1960. The van der Waals surface area contributed by atoms with Crippen LogP contribution in [-0.4, -0.2) is 51.5 Å². The zero-order chi connectivity index (χ0) is 33.2. The van der Waals surface area contributed by atoms with E-state index in [-0.39, 0.29) is 34.1 Å². The number of rotatable bonds is 9. The molecule has 5 rings (SSSR count). The summed E-state index contributed by atoms with van der Waals surface area (Å²) in [5.41, 5.74) is 4.11. The van der Waals surface area contributed by atoms with Gasteiger partial charge < -0.3 is 14.6 Å². The Labute approximate surface area is 272 Å². The number of halogens is 2. The van der Waals surface area contributed by atoms with Crippen molar-refractivity contribution in [2.24, 2.45) is 4.99 Å². The van der Waals surface area contributed by atoms with Crippen LogP contribution in [0.15, 0.2) is 88.8 Å². The van der Waals surface area contributed by atoms with Crippen molar-refractivity contribution in [1.82, 2.24) is 0 Å². The van der Waals surface area contributed by atoms with Gasteiger partial charge in [0.1, 0.15) is 23.4 Å². The van der Waals surface area contributed by atoms with E-state index in [0.29, 0.717) is 34.0 Å². The molecule has 46 heavy (non-hydrogen) atoms. The predicted molar refractivity (Wildman–Crippen MR) is 179 cm³/mol. The van der Waals surface area contributed by atoms with Gasteiger partial charge in [0, 0.05) is 17.3 Å². The average Bonchev–Trinajstić information content (AvgIpc) is 3.03. The Hall–Kier alpha value is -4.67. The Morgan fingerprint density at radius 2 is 1.80 bits per heavy atom. The summed E-state index contributed by atoms with van der Waals surface area (Å²) in [4.78, 5) is 15.9. The molecule has 8 nitrogen and oxygen atoms in total. The molecule has 238 valence electrons. The highest BCUT2D eigenvalue weighted by Gasteiger charge is 2.35. The summed E-state index contributed by atoms with van der Waals surface area (Å²) in [5, 5.41) is 9.45. The highest BCUT2D eigenvalue weighted by atomic mass is 35.5. The summed E-state index contributed by atoms with van der Waals surface area (Å²) in [6, 6.07) is 20.7. The zero-order valence-corrected chi connectivity index (χ0v) is 27.2. The van der Waals surface area contributed by atoms with Crippen LogP contribution in [0.2, 0.25) is 5.02 Å². The molecule has 1 N–H and O–H groups in total. The number of hydrogen-bond donors (Lipinski definition) is 1. The van der Waals surface area contributed by atoms with Gasteiger partial charge in [0.2, 0.25) is 0 Å². The second-order valence-corrected chi connectivity index (χ2v) is 13.1. The first-order chi connectivity index (χ1) is 21.9. The number of carboxylic acids is 1. The molecule has 1 aliphatic heterocycles. The van der Waals surface area contributed by atoms with Crippen LogP contribution in [0.25, 0.3) is 11.6 Å². The largest absolute Gasteiger partial charge is 0.496 e. The summed E-state index contributed by atoms with van der Waals surface area (Å²) in [7, 11) is -2.62. The molecule has 1 atom stereocenters. The maximum atomic E-state index is 14.6. The number of carbonyl (C=O) groups is 1. The minimum Gasteiger partial charge on any atom is -0.496 e. The van der Waals surface area contributed by atoms with E-state index in [0.717, 1.165) is 11.1 Å². The summed E-state index contributed by atoms with van der Waals surface area (Å²) in [6.07, 6.45) is 1.10. The molecule has 1 aliphatic rings. The maximum absolute atomic E-state index is 14.6. The van der Waals surface area contributed by atoms with Crippen molar-refractivity contribution in [2.75, 3.05) is 24.5 Å². The van der Waals surface area contributed by atoms with Crippen molar-refractivity contribution >= 4 is 50.6 Å². The van der Waals surface area contributed by atoms with Gasteiger partial charge in [-0.15, -0.1) is 0 Å². The quantitative estimate of drug-likeness (QED) is 0.147. The Balaban J connectivity index is 1.52. The molecule has 0 radical (unpaired) electrons. The van der Waals surface area contributed by atoms with Crippen molar-refractivity contribution in [3.05, 3.63) is 118 Å². The molecule has 1 heterocycles. The molecule has 1 unspecified atom stereocenters. The fourth-order valence-corrected chi connectivity index (χ4v) is 7.04. The second-order valence-electron chi connectivity index (χ2n) is 10.9. The number of carboxylic acid groups (broad SMARTS) is 1. The number of fused-ring (bicyclic) bond motifs is 1. The Morgan fingerprint density at radius 1 is 1.09 bits per heavy atom. The Morgan fingerprint density at radius 3 is 2.48 bits per heavy atom. The normalized spacial score (nSPS) is 15.3. The average molecular weight is 663 g/mol. The molecule has 0 amide bonds. The number of sulfonamides is 1. The first-order valence-corrected chi connectivity index (χ1v) is 16.2. The number of ether oxygens (including phenoxy) is 2. The van der Waals surface area contributed by atoms with Crippen molar-refractivity contribution in [3.63, 3.8) is 0 Å². The number of aliphatic imine (C=N–C) groups is 1. The predicted octanol–water partition coefficient (Wildman–Crippen LogP) is 7.52. The number of aryl methyl sites for hydroxylation is 1. The van der Waals surface area contributed by atoms with E-state index in [4.69, 9.17) is 21.1 Å². The summed E-state index contributed by atoms with van der Waals surface area (Å²) in [5.74, 6) is -0.699. The summed E-state index contributed by atoms with van der Waals surface area (Å²) < 4.78 is 56.0. The van der Waals surface area contributed by atoms with Crippen LogP contribution in [0.4, 0.5) is 10.1 Å². The van der Waals surface area contributed by atoms with E-state index in [9.17, 15) is 22.7 Å². The lowest BCUT2D eigenvalue weighted by Gasteiger charge is -2.35. The molecule has 0 spiro atoms. The number of benzene rings is 4. The van der Waals surface area contributed by atoms with E-state index >= 15 is 0 Å². The molecule has 11 heteroatoms. The van der Waals surface area contributed by atoms with Crippen LogP contribution < -0.4 is 13.8 Å². The van der Waals surface area contributed by atoms with Crippen LogP contribution in [0.3, 0.4) is 0 Å². The van der Waals surface area contributed by atoms with Gasteiger partial charge in [-0.25, -0.2) is 17.6 Å². The minimum absolute atomic E-state index is 0.0362. The van der Waals surface area contributed by atoms with Gasteiger partial charge in [-0.3, -0.25) is 9.30 Å². The van der Waals surface area contributed by atoms with Crippen LogP contribution in [0, 0.1) is 12.7 Å². The summed E-state index contributed by atoms with van der Waals surface area (Å²) >= 11 is 6.29. The zero-order valence-electron chi connectivity index (χ0n) is 25.6. The monoisotopic (exact) mass is 662 g/mol.